The van der Waals surface area contributed by atoms with Crippen molar-refractivity contribution in [1.82, 2.24) is 29.8 Å². The Kier molecular flexibility index (Phi) is 3.52. The first-order valence-corrected chi connectivity index (χ1v) is 8.88. The van der Waals surface area contributed by atoms with Gasteiger partial charge in [0.1, 0.15) is 6.04 Å². The molecular formula is C18H17F2N7O. The van der Waals surface area contributed by atoms with Gasteiger partial charge in [-0.05, 0) is 25.1 Å². The molecule has 0 aromatic carbocycles. The van der Waals surface area contributed by atoms with Crippen LogP contribution in [0.5, 0.6) is 0 Å². The Labute approximate surface area is 158 Å². The summed E-state index contributed by atoms with van der Waals surface area (Å²) in [5.41, 5.74) is 4.40. The number of nitrogens with one attached hydrogen (secondary N) is 1. The average molecular weight is 385 g/mol. The first-order chi connectivity index (χ1) is 13.4. The molecule has 0 radical (unpaired) electrons. The summed E-state index contributed by atoms with van der Waals surface area (Å²) in [7, 11) is 0. The maximum Gasteiger partial charge on any atom is 0.321 e. The van der Waals surface area contributed by atoms with Gasteiger partial charge in [-0.2, -0.15) is 13.9 Å². The number of hydrogen-bond acceptors (Lipinski definition) is 6. The number of alkyl halides is 2. The van der Waals surface area contributed by atoms with Gasteiger partial charge >= 0.3 is 11.9 Å². The van der Waals surface area contributed by atoms with Gasteiger partial charge in [0.05, 0.1) is 23.2 Å². The lowest BCUT2D eigenvalue weighted by molar-refractivity contribution is -0.0107. The molecule has 1 atom stereocenters. The fourth-order valence-corrected chi connectivity index (χ4v) is 3.60. The van der Waals surface area contributed by atoms with E-state index < -0.39 is 17.9 Å². The summed E-state index contributed by atoms with van der Waals surface area (Å²) in [6.45, 7) is 3.20. The highest BCUT2D eigenvalue weighted by Gasteiger charge is 2.38. The van der Waals surface area contributed by atoms with E-state index in [2.05, 4.69) is 20.2 Å². The number of rotatable bonds is 3. The summed E-state index contributed by atoms with van der Waals surface area (Å²) in [5, 5.41) is 12.1. The number of pyridine rings is 1. The van der Waals surface area contributed by atoms with Crippen molar-refractivity contribution in [2.24, 2.45) is 0 Å². The van der Waals surface area contributed by atoms with Crippen LogP contribution in [-0.2, 0) is 12.3 Å². The second-order valence-corrected chi connectivity index (χ2v) is 6.96. The Morgan fingerprint density at radius 3 is 2.89 bits per heavy atom. The number of imidazole rings is 1. The maximum atomic E-state index is 13.6. The number of aromatic amines is 1. The van der Waals surface area contributed by atoms with E-state index in [1.165, 1.54) is 0 Å². The molecule has 8 nitrogen and oxygen atoms in total. The minimum absolute atomic E-state index is 0.0314. The predicted molar refractivity (Wildman–Crippen MR) is 95.3 cm³/mol. The molecule has 0 unspecified atom stereocenters. The van der Waals surface area contributed by atoms with Crippen molar-refractivity contribution in [2.45, 2.75) is 32.2 Å². The van der Waals surface area contributed by atoms with Gasteiger partial charge in [-0.25, -0.2) is 9.50 Å². The second kappa shape index (κ2) is 5.85. The van der Waals surface area contributed by atoms with Gasteiger partial charge in [0.25, 0.3) is 5.89 Å². The van der Waals surface area contributed by atoms with Gasteiger partial charge in [0.15, 0.2) is 0 Å². The van der Waals surface area contributed by atoms with Crippen LogP contribution in [0, 0.1) is 6.92 Å². The van der Waals surface area contributed by atoms with E-state index in [4.69, 9.17) is 9.52 Å². The van der Waals surface area contributed by atoms with Gasteiger partial charge in [0, 0.05) is 31.3 Å². The van der Waals surface area contributed by atoms with E-state index in [1.807, 2.05) is 35.7 Å². The minimum Gasteiger partial charge on any atom is -0.401 e. The molecule has 144 valence electrons. The molecule has 4 aromatic rings. The lowest BCUT2D eigenvalue weighted by Gasteiger charge is -2.32. The summed E-state index contributed by atoms with van der Waals surface area (Å²) < 4.78 is 34.3. The maximum absolute atomic E-state index is 13.6. The Morgan fingerprint density at radius 1 is 1.29 bits per heavy atom. The van der Waals surface area contributed by atoms with Crippen molar-refractivity contribution in [3.05, 3.63) is 59.3 Å². The van der Waals surface area contributed by atoms with E-state index in [0.29, 0.717) is 13.0 Å². The molecule has 0 saturated heterocycles. The average Bonchev–Trinajstić information content (AvgIpc) is 3.38. The first-order valence-electron chi connectivity index (χ1n) is 8.88. The highest BCUT2D eigenvalue weighted by atomic mass is 19.3. The van der Waals surface area contributed by atoms with E-state index in [1.54, 1.807) is 11.2 Å². The number of anilines is 1. The van der Waals surface area contributed by atoms with Crippen LogP contribution >= 0.6 is 0 Å². The van der Waals surface area contributed by atoms with Gasteiger partial charge in [-0.1, -0.05) is 11.2 Å². The molecule has 4 aromatic heterocycles. The highest BCUT2D eigenvalue weighted by molar-refractivity contribution is 5.52. The van der Waals surface area contributed by atoms with Gasteiger partial charge in [-0.15, -0.1) is 5.10 Å². The highest BCUT2D eigenvalue weighted by Crippen LogP contribution is 2.37. The molecule has 1 aliphatic heterocycles. The monoisotopic (exact) mass is 385 g/mol. The van der Waals surface area contributed by atoms with Crippen LogP contribution in [0.1, 0.15) is 41.6 Å². The summed E-state index contributed by atoms with van der Waals surface area (Å²) in [5.74, 6) is -3.91. The molecule has 5 rings (SSSR count). The molecule has 1 aliphatic rings. The largest absolute Gasteiger partial charge is 0.401 e. The second-order valence-electron chi connectivity index (χ2n) is 6.96. The zero-order chi connectivity index (χ0) is 19.5. The standard InChI is InChI=1S/C18H17F2N7O/c1-10-4-3-5-11-8-13(25-27(10)11)15-14-12(21-9-22-14)6-7-26(15)17-24-23-16(28-17)18(2,19)20/h3-5,8-9,15H,6-7H2,1-2H3,(H,21,22)/t15-/m0/s1. The zero-order valence-electron chi connectivity index (χ0n) is 15.2. The molecule has 0 bridgehead atoms. The van der Waals surface area contributed by atoms with Gasteiger partial charge < -0.3 is 14.3 Å². The lowest BCUT2D eigenvalue weighted by atomic mass is 10.0. The Balaban J connectivity index is 1.64. The first kappa shape index (κ1) is 16.8. The minimum atomic E-state index is -3.20. The number of aromatic nitrogens is 6. The van der Waals surface area contributed by atoms with E-state index in [9.17, 15) is 8.78 Å². The Morgan fingerprint density at radius 2 is 2.14 bits per heavy atom. The fourth-order valence-electron chi connectivity index (χ4n) is 3.60. The van der Waals surface area contributed by atoms with E-state index in [0.717, 1.165) is 35.2 Å². The van der Waals surface area contributed by atoms with Crippen LogP contribution in [0.15, 0.2) is 35.0 Å². The van der Waals surface area contributed by atoms with Crippen molar-refractivity contribution in [2.75, 3.05) is 11.4 Å². The van der Waals surface area contributed by atoms with Crippen LogP contribution in [0.25, 0.3) is 5.52 Å². The van der Waals surface area contributed by atoms with E-state index in [-0.39, 0.29) is 6.01 Å². The Bertz CT molecular complexity index is 1160. The quantitative estimate of drug-likeness (QED) is 0.583. The molecule has 5 heterocycles. The molecule has 0 fully saturated rings. The molecule has 28 heavy (non-hydrogen) atoms. The van der Waals surface area contributed by atoms with Crippen LogP contribution in [0.3, 0.4) is 0 Å². The number of halogens is 2. The number of aryl methyl sites for hydroxylation is 1. The van der Waals surface area contributed by atoms with Crippen LogP contribution in [0.4, 0.5) is 14.8 Å². The number of hydrogen-bond donors (Lipinski definition) is 1. The molecular weight excluding hydrogens is 368 g/mol. The summed E-state index contributed by atoms with van der Waals surface area (Å²) in [6, 6.07) is 7.46. The SMILES string of the molecule is Cc1cccc2cc([C@H]3c4nc[nH]c4CCN3c3nnc(C(C)(F)F)o3)nn12. The summed E-state index contributed by atoms with van der Waals surface area (Å²) >= 11 is 0. The molecule has 10 heteroatoms. The summed E-state index contributed by atoms with van der Waals surface area (Å²) in [4.78, 5) is 9.38. The molecule has 0 amide bonds. The van der Waals surface area contributed by atoms with E-state index >= 15 is 0 Å². The number of H-pyrrole nitrogens is 1. The fraction of sp³-hybridized carbons (Fsp3) is 0.333. The van der Waals surface area contributed by atoms with Crippen molar-refractivity contribution in [1.29, 1.82) is 0 Å². The van der Waals surface area contributed by atoms with Crippen LogP contribution in [0.2, 0.25) is 0 Å². The van der Waals surface area contributed by atoms with Crippen LogP contribution < -0.4 is 4.90 Å². The molecule has 0 saturated carbocycles. The Hall–Kier alpha value is -3.30. The topological polar surface area (TPSA) is 88.1 Å². The van der Waals surface area contributed by atoms with Crippen LogP contribution in [-0.4, -0.2) is 36.3 Å². The lowest BCUT2D eigenvalue weighted by Crippen LogP contribution is -2.37. The van der Waals surface area contributed by atoms with Crippen molar-refractivity contribution in [3.8, 4) is 0 Å². The normalized spacial score (nSPS) is 17.3. The molecule has 0 aliphatic carbocycles. The number of nitrogens with zero attached hydrogens (tertiary/aromatic N) is 6. The third-order valence-electron chi connectivity index (χ3n) is 4.94. The third kappa shape index (κ3) is 2.55. The van der Waals surface area contributed by atoms with Crippen molar-refractivity contribution < 1.29 is 13.2 Å². The van der Waals surface area contributed by atoms with Crippen molar-refractivity contribution >= 4 is 11.5 Å². The number of fused-ring (bicyclic) bond motifs is 2. The summed E-state index contributed by atoms with van der Waals surface area (Å²) in [6.07, 6.45) is 2.28. The predicted octanol–water partition coefficient (Wildman–Crippen LogP) is 3.01. The zero-order valence-corrected chi connectivity index (χ0v) is 15.2. The molecule has 0 spiro atoms. The third-order valence-corrected chi connectivity index (χ3v) is 4.94. The van der Waals surface area contributed by atoms with Gasteiger partial charge in [-0.3, -0.25) is 0 Å². The van der Waals surface area contributed by atoms with Crippen molar-refractivity contribution in [3.63, 3.8) is 0 Å². The van der Waals surface area contributed by atoms with Gasteiger partial charge in [0.2, 0.25) is 0 Å². The smallest absolute Gasteiger partial charge is 0.321 e. The molecule has 1 N–H and O–H groups in total.